The first-order valence-electron chi connectivity index (χ1n) is 5.52. The van der Waals surface area contributed by atoms with Crippen molar-refractivity contribution < 1.29 is 9.53 Å². The minimum atomic E-state index is -0.280. The van der Waals surface area contributed by atoms with E-state index in [4.69, 9.17) is 10.5 Å². The molecule has 0 unspecified atom stereocenters. The number of ether oxygens (including phenoxy) is 1. The lowest BCUT2D eigenvalue weighted by molar-refractivity contribution is -0.143. The zero-order valence-electron chi connectivity index (χ0n) is 10.1. The van der Waals surface area contributed by atoms with Gasteiger partial charge in [0.1, 0.15) is 0 Å². The molecule has 0 bridgehead atoms. The lowest BCUT2D eigenvalue weighted by Gasteiger charge is -2.12. The van der Waals surface area contributed by atoms with E-state index in [1.54, 1.807) is 6.92 Å². The molecular weight excluding hydrogens is 202 g/mol. The zero-order chi connectivity index (χ0) is 12.1. The highest BCUT2D eigenvalue weighted by Gasteiger charge is 2.12. The molecule has 0 spiro atoms. The van der Waals surface area contributed by atoms with Gasteiger partial charge in [-0.1, -0.05) is 29.3 Å². The first kappa shape index (κ1) is 12.7. The topological polar surface area (TPSA) is 52.3 Å². The van der Waals surface area contributed by atoms with E-state index < -0.39 is 0 Å². The number of hydrogen-bond acceptors (Lipinski definition) is 3. The highest BCUT2D eigenvalue weighted by molar-refractivity contribution is 5.70. The summed E-state index contributed by atoms with van der Waals surface area (Å²) in [5.41, 5.74) is 9.28. The average Bonchev–Trinajstić information content (AvgIpc) is 2.16. The van der Waals surface area contributed by atoms with E-state index in [-0.39, 0.29) is 18.4 Å². The molecule has 0 aliphatic carbocycles. The molecule has 0 radical (unpaired) electrons. The van der Waals surface area contributed by atoms with Crippen molar-refractivity contribution in [2.45, 2.75) is 33.2 Å². The number of rotatable bonds is 4. The molecule has 2 N–H and O–H groups in total. The van der Waals surface area contributed by atoms with Crippen LogP contribution in [-0.4, -0.2) is 12.6 Å². The second-order valence-corrected chi connectivity index (χ2v) is 4.04. The number of hydrogen-bond donors (Lipinski definition) is 1. The Balaban J connectivity index is 2.72. The van der Waals surface area contributed by atoms with Crippen LogP contribution in [0, 0.1) is 13.8 Å². The van der Waals surface area contributed by atoms with E-state index in [9.17, 15) is 4.79 Å². The summed E-state index contributed by atoms with van der Waals surface area (Å²) < 4.78 is 4.88. The summed E-state index contributed by atoms with van der Waals surface area (Å²) in [6, 6.07) is 5.83. The summed E-state index contributed by atoms with van der Waals surface area (Å²) in [7, 11) is 0. The van der Waals surface area contributed by atoms with Crippen molar-refractivity contribution in [3.05, 3.63) is 34.9 Å². The summed E-state index contributed by atoms with van der Waals surface area (Å²) in [4.78, 5) is 11.3. The summed E-state index contributed by atoms with van der Waals surface area (Å²) in [6.45, 7) is 6.24. The number of carbonyl (C=O) groups excluding carboxylic acids is 1. The molecule has 3 heteroatoms. The molecule has 0 saturated carbocycles. The minimum Gasteiger partial charge on any atom is -0.466 e. The highest BCUT2D eigenvalue weighted by atomic mass is 16.5. The lowest BCUT2D eigenvalue weighted by Crippen LogP contribution is -2.17. The minimum absolute atomic E-state index is 0.233. The number of nitrogens with two attached hydrogens (primary N) is 1. The molecule has 0 heterocycles. The van der Waals surface area contributed by atoms with E-state index in [1.165, 1.54) is 0 Å². The Morgan fingerprint density at radius 1 is 1.31 bits per heavy atom. The second kappa shape index (κ2) is 5.66. The molecule has 1 aromatic carbocycles. The Bertz CT molecular complexity index is 354. The molecule has 0 fully saturated rings. The van der Waals surface area contributed by atoms with Crippen molar-refractivity contribution in [3.63, 3.8) is 0 Å². The number of carbonyl (C=O) groups is 1. The number of esters is 1. The van der Waals surface area contributed by atoms with Crippen LogP contribution < -0.4 is 5.73 Å². The zero-order valence-corrected chi connectivity index (χ0v) is 10.1. The Hall–Kier alpha value is -1.35. The van der Waals surface area contributed by atoms with Gasteiger partial charge in [-0.15, -0.1) is 0 Å². The molecule has 1 rings (SSSR count). The summed E-state index contributed by atoms with van der Waals surface area (Å²) in [6.07, 6.45) is 0.233. The smallest absolute Gasteiger partial charge is 0.307 e. The van der Waals surface area contributed by atoms with Crippen LogP contribution in [-0.2, 0) is 9.53 Å². The van der Waals surface area contributed by atoms with Crippen LogP contribution in [0.15, 0.2) is 18.2 Å². The standard InChI is InChI=1S/C13H19NO2/c1-4-16-13(15)8-12(14)11-6-9(2)5-10(3)7-11/h5-7,12H,4,8,14H2,1-3H3/t12-/m1/s1. The van der Waals surface area contributed by atoms with Gasteiger partial charge in [-0.05, 0) is 26.3 Å². The van der Waals surface area contributed by atoms with Gasteiger partial charge in [0.25, 0.3) is 0 Å². The van der Waals surface area contributed by atoms with Crippen LogP contribution in [0.4, 0.5) is 0 Å². The van der Waals surface area contributed by atoms with Crippen molar-refractivity contribution in [2.24, 2.45) is 5.73 Å². The molecule has 3 nitrogen and oxygen atoms in total. The van der Waals surface area contributed by atoms with Gasteiger partial charge in [0.15, 0.2) is 0 Å². The summed E-state index contributed by atoms with van der Waals surface area (Å²) in [5.74, 6) is -0.242. The molecule has 16 heavy (non-hydrogen) atoms. The third-order valence-electron chi connectivity index (χ3n) is 2.36. The molecular formula is C13H19NO2. The van der Waals surface area contributed by atoms with Crippen LogP contribution >= 0.6 is 0 Å². The quantitative estimate of drug-likeness (QED) is 0.793. The Kier molecular flexibility index (Phi) is 4.50. The van der Waals surface area contributed by atoms with E-state index in [0.717, 1.165) is 16.7 Å². The predicted octanol–water partition coefficient (Wildman–Crippen LogP) is 2.26. The Morgan fingerprint density at radius 3 is 2.38 bits per heavy atom. The molecule has 1 atom stereocenters. The monoisotopic (exact) mass is 221 g/mol. The third kappa shape index (κ3) is 3.66. The van der Waals surface area contributed by atoms with E-state index in [1.807, 2.05) is 26.0 Å². The van der Waals surface area contributed by atoms with Crippen LogP contribution in [0.5, 0.6) is 0 Å². The van der Waals surface area contributed by atoms with E-state index >= 15 is 0 Å². The van der Waals surface area contributed by atoms with Gasteiger partial charge in [-0.2, -0.15) is 0 Å². The van der Waals surface area contributed by atoms with Gasteiger partial charge in [0.2, 0.25) is 0 Å². The lowest BCUT2D eigenvalue weighted by atomic mass is 10.00. The van der Waals surface area contributed by atoms with Crippen molar-refractivity contribution in [3.8, 4) is 0 Å². The predicted molar refractivity (Wildman–Crippen MR) is 64.1 cm³/mol. The largest absolute Gasteiger partial charge is 0.466 e. The van der Waals surface area contributed by atoms with Crippen LogP contribution in [0.1, 0.15) is 36.1 Å². The maximum atomic E-state index is 11.3. The van der Waals surface area contributed by atoms with Gasteiger partial charge in [0, 0.05) is 6.04 Å². The molecule has 88 valence electrons. The van der Waals surface area contributed by atoms with E-state index in [2.05, 4.69) is 6.07 Å². The summed E-state index contributed by atoms with van der Waals surface area (Å²) >= 11 is 0. The first-order chi connectivity index (χ1) is 7.52. The van der Waals surface area contributed by atoms with Gasteiger partial charge in [0.05, 0.1) is 13.0 Å². The molecule has 0 amide bonds. The van der Waals surface area contributed by atoms with Gasteiger partial charge >= 0.3 is 5.97 Å². The Labute approximate surface area is 96.6 Å². The Morgan fingerprint density at radius 2 is 1.88 bits per heavy atom. The SMILES string of the molecule is CCOC(=O)C[C@@H](N)c1cc(C)cc(C)c1. The molecule has 0 aromatic heterocycles. The van der Waals surface area contributed by atoms with Crippen LogP contribution in [0.25, 0.3) is 0 Å². The highest BCUT2D eigenvalue weighted by Crippen LogP contribution is 2.18. The maximum Gasteiger partial charge on any atom is 0.307 e. The number of benzene rings is 1. The third-order valence-corrected chi connectivity index (χ3v) is 2.36. The second-order valence-electron chi connectivity index (χ2n) is 4.04. The molecule has 1 aromatic rings. The molecule has 0 aliphatic heterocycles. The van der Waals surface area contributed by atoms with E-state index in [0.29, 0.717) is 6.61 Å². The normalized spacial score (nSPS) is 12.2. The first-order valence-corrected chi connectivity index (χ1v) is 5.52. The van der Waals surface area contributed by atoms with Crippen molar-refractivity contribution in [1.82, 2.24) is 0 Å². The van der Waals surface area contributed by atoms with Gasteiger partial charge < -0.3 is 10.5 Å². The van der Waals surface area contributed by atoms with Crippen LogP contribution in [0.3, 0.4) is 0 Å². The fourth-order valence-corrected chi connectivity index (χ4v) is 1.74. The van der Waals surface area contributed by atoms with Crippen molar-refractivity contribution in [2.75, 3.05) is 6.61 Å². The average molecular weight is 221 g/mol. The maximum absolute atomic E-state index is 11.3. The van der Waals surface area contributed by atoms with Crippen molar-refractivity contribution >= 4 is 5.97 Å². The van der Waals surface area contributed by atoms with Gasteiger partial charge in [-0.3, -0.25) is 4.79 Å². The van der Waals surface area contributed by atoms with Gasteiger partial charge in [-0.25, -0.2) is 0 Å². The molecule has 0 aliphatic rings. The van der Waals surface area contributed by atoms with Crippen molar-refractivity contribution in [1.29, 1.82) is 0 Å². The fraction of sp³-hybridized carbons (Fsp3) is 0.462. The fourth-order valence-electron chi connectivity index (χ4n) is 1.74. The molecule has 0 saturated heterocycles. The summed E-state index contributed by atoms with van der Waals surface area (Å²) in [5, 5.41) is 0. The van der Waals surface area contributed by atoms with Crippen LogP contribution in [0.2, 0.25) is 0 Å². The number of aryl methyl sites for hydroxylation is 2.